The Morgan fingerprint density at radius 1 is 1.33 bits per heavy atom. The molecule has 0 saturated heterocycles. The summed E-state index contributed by atoms with van der Waals surface area (Å²) in [6, 6.07) is 9.55. The second-order valence-electron chi connectivity index (χ2n) is 5.06. The highest BCUT2D eigenvalue weighted by atomic mass is 16.1. The third-order valence-electron chi connectivity index (χ3n) is 3.32. The lowest BCUT2D eigenvalue weighted by Gasteiger charge is -2.16. The van der Waals surface area contributed by atoms with Crippen LogP contribution in [0.3, 0.4) is 0 Å². The van der Waals surface area contributed by atoms with Gasteiger partial charge in [0.05, 0.1) is 11.6 Å². The Kier molecular flexibility index (Phi) is 4.93. The molecule has 1 aromatic heterocycles. The second kappa shape index (κ2) is 6.88. The molecule has 2 rings (SSSR count). The molecule has 1 unspecified atom stereocenters. The molecule has 2 aromatic rings. The molecule has 2 N–H and O–H groups in total. The third kappa shape index (κ3) is 3.81. The number of anilines is 1. The van der Waals surface area contributed by atoms with Crippen LogP contribution < -0.4 is 10.6 Å². The fourth-order valence-corrected chi connectivity index (χ4v) is 2.18. The molecule has 0 aliphatic heterocycles. The SMILES string of the molecule is CCNc1cc(C)ccc1C(=O)NC(C)c1cccnc1. The Morgan fingerprint density at radius 3 is 2.81 bits per heavy atom. The van der Waals surface area contributed by atoms with Gasteiger partial charge in [0.25, 0.3) is 5.91 Å². The predicted molar refractivity (Wildman–Crippen MR) is 85.5 cm³/mol. The highest BCUT2D eigenvalue weighted by Gasteiger charge is 2.14. The molecule has 0 radical (unpaired) electrons. The summed E-state index contributed by atoms with van der Waals surface area (Å²) in [5.74, 6) is -0.0812. The number of benzene rings is 1. The van der Waals surface area contributed by atoms with Gasteiger partial charge in [0.15, 0.2) is 0 Å². The van der Waals surface area contributed by atoms with Crippen LogP contribution in [0.15, 0.2) is 42.7 Å². The number of carbonyl (C=O) groups excluding carboxylic acids is 1. The van der Waals surface area contributed by atoms with Gasteiger partial charge >= 0.3 is 0 Å². The van der Waals surface area contributed by atoms with E-state index in [-0.39, 0.29) is 11.9 Å². The molecule has 1 atom stereocenters. The summed E-state index contributed by atoms with van der Waals surface area (Å²) in [5, 5.41) is 6.25. The van der Waals surface area contributed by atoms with Gasteiger partial charge < -0.3 is 10.6 Å². The van der Waals surface area contributed by atoms with Gasteiger partial charge in [-0.2, -0.15) is 0 Å². The van der Waals surface area contributed by atoms with Crippen LogP contribution in [0.25, 0.3) is 0 Å². The largest absolute Gasteiger partial charge is 0.385 e. The summed E-state index contributed by atoms with van der Waals surface area (Å²) in [5.41, 5.74) is 3.65. The molecule has 0 aliphatic rings. The fourth-order valence-electron chi connectivity index (χ4n) is 2.18. The van der Waals surface area contributed by atoms with Crippen LogP contribution in [-0.2, 0) is 0 Å². The second-order valence-corrected chi connectivity index (χ2v) is 5.06. The van der Waals surface area contributed by atoms with Gasteiger partial charge in [0.2, 0.25) is 0 Å². The molecular formula is C17H21N3O. The Balaban J connectivity index is 2.17. The summed E-state index contributed by atoms with van der Waals surface area (Å²) >= 11 is 0. The van der Waals surface area contributed by atoms with E-state index in [1.54, 1.807) is 12.4 Å². The highest BCUT2D eigenvalue weighted by Crippen LogP contribution is 2.19. The van der Waals surface area contributed by atoms with Gasteiger partial charge in [0, 0.05) is 24.6 Å². The van der Waals surface area contributed by atoms with Crippen molar-refractivity contribution in [3.63, 3.8) is 0 Å². The standard InChI is InChI=1S/C17H21N3O/c1-4-19-16-10-12(2)7-8-15(16)17(21)20-13(3)14-6-5-9-18-11-14/h5-11,13,19H,4H2,1-3H3,(H,20,21). The van der Waals surface area contributed by atoms with Gasteiger partial charge in [-0.25, -0.2) is 0 Å². The molecule has 0 bridgehead atoms. The molecule has 1 amide bonds. The fraction of sp³-hybridized carbons (Fsp3) is 0.294. The minimum Gasteiger partial charge on any atom is -0.385 e. The molecule has 0 spiro atoms. The van der Waals surface area contributed by atoms with Crippen LogP contribution in [0.5, 0.6) is 0 Å². The molecule has 110 valence electrons. The Morgan fingerprint density at radius 2 is 2.14 bits per heavy atom. The quantitative estimate of drug-likeness (QED) is 0.885. The summed E-state index contributed by atoms with van der Waals surface area (Å²) in [6.07, 6.45) is 3.49. The summed E-state index contributed by atoms with van der Waals surface area (Å²) in [4.78, 5) is 16.5. The number of nitrogens with zero attached hydrogens (tertiary/aromatic N) is 1. The van der Waals surface area contributed by atoms with Crippen molar-refractivity contribution in [3.8, 4) is 0 Å². The van der Waals surface area contributed by atoms with Crippen LogP contribution >= 0.6 is 0 Å². The molecule has 1 aromatic carbocycles. The van der Waals surface area contributed by atoms with E-state index < -0.39 is 0 Å². The molecular weight excluding hydrogens is 262 g/mol. The van der Waals surface area contributed by atoms with Crippen LogP contribution in [-0.4, -0.2) is 17.4 Å². The topological polar surface area (TPSA) is 54.0 Å². The van der Waals surface area contributed by atoms with Crippen molar-refractivity contribution >= 4 is 11.6 Å². The third-order valence-corrected chi connectivity index (χ3v) is 3.32. The van der Waals surface area contributed by atoms with Crippen molar-refractivity contribution in [1.82, 2.24) is 10.3 Å². The van der Waals surface area contributed by atoms with Crippen molar-refractivity contribution < 1.29 is 4.79 Å². The molecule has 0 fully saturated rings. The molecule has 4 heteroatoms. The average molecular weight is 283 g/mol. The summed E-state index contributed by atoms with van der Waals surface area (Å²) < 4.78 is 0. The zero-order valence-electron chi connectivity index (χ0n) is 12.7. The molecule has 0 aliphatic carbocycles. The lowest BCUT2D eigenvalue weighted by atomic mass is 10.1. The summed E-state index contributed by atoms with van der Waals surface area (Å²) in [7, 11) is 0. The molecule has 1 heterocycles. The van der Waals surface area contributed by atoms with Crippen molar-refractivity contribution in [2.45, 2.75) is 26.8 Å². The van der Waals surface area contributed by atoms with Gasteiger partial charge in [-0.05, 0) is 50.1 Å². The smallest absolute Gasteiger partial charge is 0.253 e. The van der Waals surface area contributed by atoms with Gasteiger partial charge in [-0.15, -0.1) is 0 Å². The van der Waals surface area contributed by atoms with Crippen molar-refractivity contribution in [2.24, 2.45) is 0 Å². The van der Waals surface area contributed by atoms with Gasteiger partial charge in [-0.3, -0.25) is 9.78 Å². The Hall–Kier alpha value is -2.36. The van der Waals surface area contributed by atoms with Gasteiger partial charge in [-0.1, -0.05) is 12.1 Å². The lowest BCUT2D eigenvalue weighted by molar-refractivity contribution is 0.0940. The van der Waals surface area contributed by atoms with Crippen LogP contribution in [0, 0.1) is 6.92 Å². The van der Waals surface area contributed by atoms with E-state index in [4.69, 9.17) is 0 Å². The minimum atomic E-state index is -0.0815. The maximum atomic E-state index is 12.5. The Labute approximate surface area is 125 Å². The van der Waals surface area contributed by atoms with E-state index in [0.29, 0.717) is 5.56 Å². The lowest BCUT2D eigenvalue weighted by Crippen LogP contribution is -2.27. The Bertz CT molecular complexity index is 611. The maximum Gasteiger partial charge on any atom is 0.253 e. The summed E-state index contributed by atoms with van der Waals surface area (Å²) in [6.45, 7) is 6.76. The minimum absolute atomic E-state index is 0.0812. The number of pyridine rings is 1. The zero-order valence-corrected chi connectivity index (χ0v) is 12.7. The maximum absolute atomic E-state index is 12.5. The first-order valence-corrected chi connectivity index (χ1v) is 7.17. The highest BCUT2D eigenvalue weighted by molar-refractivity contribution is 5.99. The zero-order chi connectivity index (χ0) is 15.2. The first-order chi connectivity index (χ1) is 10.1. The van der Waals surface area contributed by atoms with Crippen molar-refractivity contribution in [3.05, 3.63) is 59.4 Å². The monoisotopic (exact) mass is 283 g/mol. The van der Waals surface area contributed by atoms with Crippen LogP contribution in [0.4, 0.5) is 5.69 Å². The number of carbonyl (C=O) groups is 1. The number of aryl methyl sites for hydroxylation is 1. The van der Waals surface area contributed by atoms with E-state index in [0.717, 1.165) is 23.4 Å². The van der Waals surface area contributed by atoms with E-state index in [9.17, 15) is 4.79 Å². The molecule has 4 nitrogen and oxygen atoms in total. The van der Waals surface area contributed by atoms with Crippen molar-refractivity contribution in [2.75, 3.05) is 11.9 Å². The number of amides is 1. The first-order valence-electron chi connectivity index (χ1n) is 7.17. The molecule has 0 saturated carbocycles. The number of nitrogens with one attached hydrogen (secondary N) is 2. The first kappa shape index (κ1) is 15.0. The number of aromatic nitrogens is 1. The van der Waals surface area contributed by atoms with E-state index in [1.165, 1.54) is 0 Å². The number of hydrogen-bond acceptors (Lipinski definition) is 3. The van der Waals surface area contributed by atoms with E-state index >= 15 is 0 Å². The molecule has 21 heavy (non-hydrogen) atoms. The van der Waals surface area contributed by atoms with Crippen LogP contribution in [0.2, 0.25) is 0 Å². The van der Waals surface area contributed by atoms with Crippen LogP contribution in [0.1, 0.15) is 41.4 Å². The van der Waals surface area contributed by atoms with E-state index in [2.05, 4.69) is 15.6 Å². The average Bonchev–Trinajstić information content (AvgIpc) is 2.48. The van der Waals surface area contributed by atoms with Crippen molar-refractivity contribution in [1.29, 1.82) is 0 Å². The van der Waals surface area contributed by atoms with Gasteiger partial charge in [0.1, 0.15) is 0 Å². The van der Waals surface area contributed by atoms with E-state index in [1.807, 2.05) is 51.1 Å². The number of rotatable bonds is 5. The number of hydrogen-bond donors (Lipinski definition) is 2. The predicted octanol–water partition coefficient (Wildman–Crippen LogP) is 3.31. The normalized spacial score (nSPS) is 11.8.